The molecule has 1 heterocycles. The smallest absolute Gasteiger partial charge is 0.274 e. The molecule has 2 N–H and O–H groups in total. The second kappa shape index (κ2) is 7.92. The second-order valence-corrected chi connectivity index (χ2v) is 6.56. The summed E-state index contributed by atoms with van der Waals surface area (Å²) < 4.78 is 0. The summed E-state index contributed by atoms with van der Waals surface area (Å²) in [6.45, 7) is 1.96. The standard InChI is InChI=1S/C20H23N3O2/c1-14-6-5-9-17(12-14)23-20(25)18-13-15(10-11-21-18)19(24)22-16-7-3-2-4-8-16/h5-6,9-13,16H,2-4,7-8H2,1H3,(H,22,24)(H,23,25). The zero-order chi connectivity index (χ0) is 17.6. The van der Waals surface area contributed by atoms with Crippen molar-refractivity contribution in [1.29, 1.82) is 0 Å². The molecule has 3 rings (SSSR count). The first-order valence-electron chi connectivity index (χ1n) is 8.77. The predicted octanol–water partition coefficient (Wildman–Crippen LogP) is 3.70. The van der Waals surface area contributed by atoms with Crippen LogP contribution in [0.25, 0.3) is 0 Å². The van der Waals surface area contributed by atoms with E-state index < -0.39 is 0 Å². The van der Waals surface area contributed by atoms with Crippen molar-refractivity contribution >= 4 is 17.5 Å². The average molecular weight is 337 g/mol. The van der Waals surface area contributed by atoms with Gasteiger partial charge in [-0.15, -0.1) is 0 Å². The average Bonchev–Trinajstić information content (AvgIpc) is 2.62. The topological polar surface area (TPSA) is 71.1 Å². The van der Waals surface area contributed by atoms with Crippen molar-refractivity contribution in [2.45, 2.75) is 45.1 Å². The van der Waals surface area contributed by atoms with Gasteiger partial charge in [0.1, 0.15) is 5.69 Å². The molecule has 25 heavy (non-hydrogen) atoms. The van der Waals surface area contributed by atoms with Crippen LogP contribution in [0.1, 0.15) is 58.5 Å². The number of carbonyl (C=O) groups excluding carboxylic acids is 2. The molecule has 2 amide bonds. The Morgan fingerprint density at radius 2 is 1.84 bits per heavy atom. The molecule has 0 saturated heterocycles. The first kappa shape index (κ1) is 17.1. The normalized spacial score (nSPS) is 14.8. The van der Waals surface area contributed by atoms with E-state index in [1.165, 1.54) is 12.6 Å². The quantitative estimate of drug-likeness (QED) is 0.893. The summed E-state index contributed by atoms with van der Waals surface area (Å²) in [4.78, 5) is 28.9. The second-order valence-electron chi connectivity index (χ2n) is 6.56. The zero-order valence-corrected chi connectivity index (χ0v) is 14.4. The van der Waals surface area contributed by atoms with E-state index in [0.717, 1.165) is 31.2 Å². The number of hydrogen-bond donors (Lipinski definition) is 2. The van der Waals surface area contributed by atoms with E-state index in [0.29, 0.717) is 11.3 Å². The maximum absolute atomic E-state index is 12.4. The van der Waals surface area contributed by atoms with Gasteiger partial charge in [0.2, 0.25) is 0 Å². The third-order valence-electron chi connectivity index (χ3n) is 4.47. The first-order chi connectivity index (χ1) is 12.1. The number of benzene rings is 1. The number of aryl methyl sites for hydroxylation is 1. The molecule has 1 aliphatic rings. The van der Waals surface area contributed by atoms with Crippen LogP contribution >= 0.6 is 0 Å². The molecular weight excluding hydrogens is 314 g/mol. The molecule has 5 heteroatoms. The number of pyridine rings is 1. The summed E-state index contributed by atoms with van der Waals surface area (Å²) in [5, 5.41) is 5.87. The molecule has 0 bridgehead atoms. The van der Waals surface area contributed by atoms with Gasteiger partial charge in [-0.2, -0.15) is 0 Å². The molecule has 0 radical (unpaired) electrons. The lowest BCUT2D eigenvalue weighted by molar-refractivity contribution is 0.0927. The highest BCUT2D eigenvalue weighted by molar-refractivity contribution is 6.04. The number of anilines is 1. The predicted molar refractivity (Wildman–Crippen MR) is 97.7 cm³/mol. The lowest BCUT2D eigenvalue weighted by Gasteiger charge is -2.22. The van der Waals surface area contributed by atoms with Gasteiger partial charge in [0.05, 0.1) is 0 Å². The number of hydrogen-bond acceptors (Lipinski definition) is 3. The number of nitrogens with zero attached hydrogens (tertiary/aromatic N) is 1. The number of carbonyl (C=O) groups is 2. The highest BCUT2D eigenvalue weighted by Crippen LogP contribution is 2.18. The number of aromatic nitrogens is 1. The zero-order valence-electron chi connectivity index (χ0n) is 14.4. The lowest BCUT2D eigenvalue weighted by Crippen LogP contribution is -2.36. The van der Waals surface area contributed by atoms with Crippen LogP contribution in [-0.4, -0.2) is 22.8 Å². The van der Waals surface area contributed by atoms with Crippen LogP contribution in [0.3, 0.4) is 0 Å². The molecular formula is C20H23N3O2. The molecule has 0 unspecified atom stereocenters. The van der Waals surface area contributed by atoms with E-state index in [-0.39, 0.29) is 23.6 Å². The Hall–Kier alpha value is -2.69. The lowest BCUT2D eigenvalue weighted by atomic mass is 9.95. The van der Waals surface area contributed by atoms with E-state index in [1.54, 1.807) is 12.1 Å². The molecule has 1 aromatic carbocycles. The van der Waals surface area contributed by atoms with Gasteiger partial charge in [0.15, 0.2) is 0 Å². The third-order valence-corrected chi connectivity index (χ3v) is 4.47. The van der Waals surface area contributed by atoms with Gasteiger partial charge >= 0.3 is 0 Å². The third kappa shape index (κ3) is 4.66. The van der Waals surface area contributed by atoms with Crippen molar-refractivity contribution in [3.8, 4) is 0 Å². The van der Waals surface area contributed by atoms with Crippen LogP contribution in [0.5, 0.6) is 0 Å². The molecule has 1 aromatic heterocycles. The van der Waals surface area contributed by atoms with Gasteiger partial charge in [0.25, 0.3) is 11.8 Å². The van der Waals surface area contributed by atoms with Crippen molar-refractivity contribution in [2.24, 2.45) is 0 Å². The minimum Gasteiger partial charge on any atom is -0.349 e. The Bertz CT molecular complexity index is 767. The maximum atomic E-state index is 12.4. The molecule has 130 valence electrons. The van der Waals surface area contributed by atoms with Gasteiger partial charge in [-0.3, -0.25) is 14.6 Å². The van der Waals surface area contributed by atoms with Crippen LogP contribution in [0.15, 0.2) is 42.6 Å². The van der Waals surface area contributed by atoms with E-state index >= 15 is 0 Å². The number of nitrogens with one attached hydrogen (secondary N) is 2. The van der Waals surface area contributed by atoms with Gasteiger partial charge < -0.3 is 10.6 Å². The van der Waals surface area contributed by atoms with Crippen LogP contribution in [0.2, 0.25) is 0 Å². The van der Waals surface area contributed by atoms with Crippen LogP contribution < -0.4 is 10.6 Å². The van der Waals surface area contributed by atoms with Gasteiger partial charge in [-0.25, -0.2) is 0 Å². The summed E-state index contributed by atoms with van der Waals surface area (Å²) in [5.74, 6) is -0.461. The monoisotopic (exact) mass is 337 g/mol. The highest BCUT2D eigenvalue weighted by atomic mass is 16.2. The first-order valence-corrected chi connectivity index (χ1v) is 8.77. The molecule has 1 saturated carbocycles. The van der Waals surface area contributed by atoms with Gasteiger partial charge in [-0.05, 0) is 49.6 Å². The van der Waals surface area contributed by atoms with Crippen LogP contribution in [-0.2, 0) is 0 Å². The van der Waals surface area contributed by atoms with Crippen molar-refractivity contribution in [3.63, 3.8) is 0 Å². The Balaban J connectivity index is 1.67. The highest BCUT2D eigenvalue weighted by Gasteiger charge is 2.18. The molecule has 0 spiro atoms. The maximum Gasteiger partial charge on any atom is 0.274 e. The molecule has 2 aromatic rings. The van der Waals surface area contributed by atoms with E-state index in [2.05, 4.69) is 15.6 Å². The SMILES string of the molecule is Cc1cccc(NC(=O)c2cc(C(=O)NC3CCCCC3)ccn2)c1. The summed E-state index contributed by atoms with van der Waals surface area (Å²) in [5.41, 5.74) is 2.47. The molecule has 1 aliphatic carbocycles. The Morgan fingerprint density at radius 3 is 2.60 bits per heavy atom. The molecule has 0 aliphatic heterocycles. The van der Waals surface area contributed by atoms with E-state index in [4.69, 9.17) is 0 Å². The van der Waals surface area contributed by atoms with Crippen molar-refractivity contribution in [1.82, 2.24) is 10.3 Å². The minimum absolute atomic E-state index is 0.140. The van der Waals surface area contributed by atoms with Crippen LogP contribution in [0, 0.1) is 6.92 Å². The van der Waals surface area contributed by atoms with E-state index in [9.17, 15) is 9.59 Å². The van der Waals surface area contributed by atoms with Gasteiger partial charge in [-0.1, -0.05) is 31.4 Å². The summed E-state index contributed by atoms with van der Waals surface area (Å²) >= 11 is 0. The van der Waals surface area contributed by atoms with Crippen molar-refractivity contribution in [2.75, 3.05) is 5.32 Å². The van der Waals surface area contributed by atoms with E-state index in [1.807, 2.05) is 31.2 Å². The Kier molecular flexibility index (Phi) is 5.43. The Morgan fingerprint density at radius 1 is 1.04 bits per heavy atom. The number of amides is 2. The van der Waals surface area contributed by atoms with Crippen molar-refractivity contribution < 1.29 is 9.59 Å². The largest absolute Gasteiger partial charge is 0.349 e. The van der Waals surface area contributed by atoms with Crippen LogP contribution in [0.4, 0.5) is 5.69 Å². The fourth-order valence-electron chi connectivity index (χ4n) is 3.13. The summed E-state index contributed by atoms with van der Waals surface area (Å²) in [6.07, 6.45) is 7.11. The molecule has 0 atom stereocenters. The van der Waals surface area contributed by atoms with Crippen molar-refractivity contribution in [3.05, 3.63) is 59.4 Å². The fraction of sp³-hybridized carbons (Fsp3) is 0.350. The molecule has 1 fully saturated rings. The summed E-state index contributed by atoms with van der Waals surface area (Å²) in [6, 6.07) is 11.0. The minimum atomic E-state index is -0.321. The summed E-state index contributed by atoms with van der Waals surface area (Å²) in [7, 11) is 0. The molecule has 5 nitrogen and oxygen atoms in total. The number of rotatable bonds is 4. The Labute approximate surface area is 147 Å². The fourth-order valence-corrected chi connectivity index (χ4v) is 3.13. The van der Waals surface area contributed by atoms with Gasteiger partial charge in [0, 0.05) is 23.5 Å².